The Morgan fingerprint density at radius 2 is 1.83 bits per heavy atom. The third-order valence-electron chi connectivity index (χ3n) is 2.83. The highest BCUT2D eigenvalue weighted by atomic mass is 15.0. The van der Waals surface area contributed by atoms with Crippen LogP contribution in [0, 0.1) is 11.3 Å². The van der Waals surface area contributed by atoms with Crippen molar-refractivity contribution in [3.05, 3.63) is 66.0 Å². The topological polar surface area (TPSA) is 48.7 Å². The first kappa shape index (κ1) is 12.3. The second-order valence-electron chi connectivity index (χ2n) is 4.12. The van der Waals surface area contributed by atoms with Crippen molar-refractivity contribution in [1.82, 2.24) is 10.3 Å². The fourth-order valence-corrected chi connectivity index (χ4v) is 1.82. The summed E-state index contributed by atoms with van der Waals surface area (Å²) in [7, 11) is 0. The summed E-state index contributed by atoms with van der Waals surface area (Å²) in [6.45, 7) is 2.04. The molecule has 1 aromatic carbocycles. The molecule has 0 unspecified atom stereocenters. The van der Waals surface area contributed by atoms with E-state index < -0.39 is 0 Å². The largest absolute Gasteiger partial charge is 0.290 e. The Hall–Kier alpha value is -2.18. The zero-order valence-corrected chi connectivity index (χ0v) is 10.2. The number of hydrogen-bond donors (Lipinski definition) is 1. The highest BCUT2D eigenvalue weighted by molar-refractivity contribution is 5.21. The molecule has 0 saturated heterocycles. The molecule has 0 aliphatic carbocycles. The minimum Gasteiger partial charge on any atom is -0.290 e. The summed E-state index contributed by atoms with van der Waals surface area (Å²) >= 11 is 0. The van der Waals surface area contributed by atoms with Crippen molar-refractivity contribution < 1.29 is 0 Å². The van der Waals surface area contributed by atoms with Crippen LogP contribution in [0.1, 0.15) is 30.3 Å². The van der Waals surface area contributed by atoms with Gasteiger partial charge in [-0.15, -0.1) is 0 Å². The van der Waals surface area contributed by atoms with Crippen LogP contribution < -0.4 is 5.32 Å². The summed E-state index contributed by atoms with van der Waals surface area (Å²) in [5, 5.41) is 12.5. The molecule has 0 radical (unpaired) electrons. The molecule has 0 fully saturated rings. The van der Waals surface area contributed by atoms with E-state index in [0.29, 0.717) is 0 Å². The van der Waals surface area contributed by atoms with Gasteiger partial charge in [-0.05, 0) is 24.6 Å². The van der Waals surface area contributed by atoms with E-state index in [1.165, 1.54) is 0 Å². The molecule has 1 heterocycles. The summed E-state index contributed by atoms with van der Waals surface area (Å²) in [4.78, 5) is 4.21. The molecule has 0 aliphatic heterocycles. The lowest BCUT2D eigenvalue weighted by atomic mass is 10.1. The average molecular weight is 237 g/mol. The summed E-state index contributed by atoms with van der Waals surface area (Å²) < 4.78 is 0. The average Bonchev–Trinajstić information content (AvgIpc) is 2.46. The van der Waals surface area contributed by atoms with E-state index in [4.69, 9.17) is 0 Å². The number of nitrogens with one attached hydrogen (secondary N) is 1. The second kappa shape index (κ2) is 5.95. The molecular formula is C15H15N3. The number of pyridine rings is 1. The van der Waals surface area contributed by atoms with Crippen molar-refractivity contribution in [3.63, 3.8) is 0 Å². The molecule has 18 heavy (non-hydrogen) atoms. The van der Waals surface area contributed by atoms with Gasteiger partial charge in [0.2, 0.25) is 0 Å². The van der Waals surface area contributed by atoms with Crippen LogP contribution in [0.4, 0.5) is 0 Å². The molecule has 0 spiro atoms. The van der Waals surface area contributed by atoms with E-state index in [9.17, 15) is 5.26 Å². The van der Waals surface area contributed by atoms with Crippen molar-refractivity contribution in [2.24, 2.45) is 0 Å². The van der Waals surface area contributed by atoms with Crippen LogP contribution in [0.3, 0.4) is 0 Å². The van der Waals surface area contributed by atoms with Gasteiger partial charge in [-0.1, -0.05) is 36.4 Å². The fraction of sp³-hybridized carbons (Fsp3) is 0.200. The predicted octanol–water partition coefficient (Wildman–Crippen LogP) is 3.00. The van der Waals surface area contributed by atoms with E-state index >= 15 is 0 Å². The molecule has 3 heteroatoms. The normalized spacial score (nSPS) is 13.6. The lowest BCUT2D eigenvalue weighted by molar-refractivity contribution is 0.525. The lowest BCUT2D eigenvalue weighted by Crippen LogP contribution is -2.24. The van der Waals surface area contributed by atoms with Crippen LogP contribution in [0.2, 0.25) is 0 Å². The second-order valence-corrected chi connectivity index (χ2v) is 4.12. The smallest absolute Gasteiger partial charge is 0.138 e. The van der Waals surface area contributed by atoms with Crippen LogP contribution in [0.15, 0.2) is 54.7 Å². The van der Waals surface area contributed by atoms with E-state index in [2.05, 4.69) is 16.4 Å². The van der Waals surface area contributed by atoms with E-state index in [-0.39, 0.29) is 12.1 Å². The lowest BCUT2D eigenvalue weighted by Gasteiger charge is -2.18. The Morgan fingerprint density at radius 1 is 1.11 bits per heavy atom. The molecule has 0 saturated carbocycles. The molecule has 1 aromatic heterocycles. The monoisotopic (exact) mass is 237 g/mol. The predicted molar refractivity (Wildman–Crippen MR) is 70.6 cm³/mol. The van der Waals surface area contributed by atoms with Crippen LogP contribution in [-0.4, -0.2) is 4.98 Å². The number of nitriles is 1. The summed E-state index contributed by atoms with van der Waals surface area (Å²) in [5.41, 5.74) is 1.91. The SMILES string of the molecule is C[C@@H](N[C@@H](C#N)c1ccccn1)c1ccccc1. The molecule has 0 amide bonds. The molecule has 1 N–H and O–H groups in total. The molecule has 2 aromatic rings. The van der Waals surface area contributed by atoms with Gasteiger partial charge in [0.15, 0.2) is 0 Å². The molecular weight excluding hydrogens is 222 g/mol. The first-order valence-corrected chi connectivity index (χ1v) is 5.93. The summed E-state index contributed by atoms with van der Waals surface area (Å²) in [6, 6.07) is 17.6. The van der Waals surface area contributed by atoms with Gasteiger partial charge >= 0.3 is 0 Å². The molecule has 2 rings (SSSR count). The maximum absolute atomic E-state index is 9.22. The van der Waals surface area contributed by atoms with Crippen LogP contribution in [0.5, 0.6) is 0 Å². The molecule has 0 aliphatic rings. The highest BCUT2D eigenvalue weighted by Gasteiger charge is 2.15. The van der Waals surface area contributed by atoms with Gasteiger partial charge in [0, 0.05) is 12.2 Å². The number of aromatic nitrogens is 1. The van der Waals surface area contributed by atoms with Gasteiger partial charge in [-0.25, -0.2) is 0 Å². The number of nitrogens with zero attached hydrogens (tertiary/aromatic N) is 2. The maximum atomic E-state index is 9.22. The standard InChI is InChI=1S/C15H15N3/c1-12(13-7-3-2-4-8-13)18-15(11-16)14-9-5-6-10-17-14/h2-10,12,15,18H,1H3/t12-,15+/m1/s1. The van der Waals surface area contributed by atoms with Crippen molar-refractivity contribution in [2.45, 2.75) is 19.0 Å². The highest BCUT2D eigenvalue weighted by Crippen LogP contribution is 2.17. The van der Waals surface area contributed by atoms with E-state index in [1.807, 2.05) is 55.5 Å². The van der Waals surface area contributed by atoms with Crippen LogP contribution >= 0.6 is 0 Å². The van der Waals surface area contributed by atoms with Gasteiger partial charge in [0.1, 0.15) is 6.04 Å². The quantitative estimate of drug-likeness (QED) is 0.889. The van der Waals surface area contributed by atoms with E-state index in [1.54, 1.807) is 6.20 Å². The molecule has 3 nitrogen and oxygen atoms in total. The number of rotatable bonds is 4. The van der Waals surface area contributed by atoms with Crippen molar-refractivity contribution in [2.75, 3.05) is 0 Å². The Bertz CT molecular complexity index is 516. The van der Waals surface area contributed by atoms with Crippen molar-refractivity contribution in [3.8, 4) is 6.07 Å². The summed E-state index contributed by atoms with van der Waals surface area (Å²) in [5.74, 6) is 0. The summed E-state index contributed by atoms with van der Waals surface area (Å²) in [6.07, 6.45) is 1.70. The first-order valence-electron chi connectivity index (χ1n) is 5.93. The van der Waals surface area contributed by atoms with Crippen molar-refractivity contribution in [1.29, 1.82) is 5.26 Å². The van der Waals surface area contributed by atoms with E-state index in [0.717, 1.165) is 11.3 Å². The van der Waals surface area contributed by atoms with Crippen LogP contribution in [-0.2, 0) is 0 Å². The maximum Gasteiger partial charge on any atom is 0.138 e. The van der Waals surface area contributed by atoms with Gasteiger partial charge in [-0.3, -0.25) is 10.3 Å². The minimum absolute atomic E-state index is 0.109. The zero-order chi connectivity index (χ0) is 12.8. The number of benzene rings is 1. The first-order chi connectivity index (χ1) is 8.81. The molecule has 0 bridgehead atoms. The third kappa shape index (κ3) is 2.93. The molecule has 2 atom stereocenters. The number of hydrogen-bond acceptors (Lipinski definition) is 3. The van der Waals surface area contributed by atoms with Crippen molar-refractivity contribution >= 4 is 0 Å². The Balaban J connectivity index is 2.11. The Morgan fingerprint density at radius 3 is 2.44 bits per heavy atom. The fourth-order valence-electron chi connectivity index (χ4n) is 1.82. The van der Waals surface area contributed by atoms with Gasteiger partial charge in [-0.2, -0.15) is 5.26 Å². The Labute approximate surface area is 107 Å². The van der Waals surface area contributed by atoms with Crippen LogP contribution in [0.25, 0.3) is 0 Å². The molecule has 90 valence electrons. The third-order valence-corrected chi connectivity index (χ3v) is 2.83. The van der Waals surface area contributed by atoms with Gasteiger partial charge in [0.05, 0.1) is 11.8 Å². The van der Waals surface area contributed by atoms with Gasteiger partial charge < -0.3 is 0 Å². The van der Waals surface area contributed by atoms with Gasteiger partial charge in [0.25, 0.3) is 0 Å². The Kier molecular flexibility index (Phi) is 4.06. The zero-order valence-electron chi connectivity index (χ0n) is 10.2. The minimum atomic E-state index is -0.388.